The number of methoxy groups -OCH3 is 1. The summed E-state index contributed by atoms with van der Waals surface area (Å²) in [5.74, 6) is 1.42. The third kappa shape index (κ3) is 8.33. The van der Waals surface area contributed by atoms with Crippen molar-refractivity contribution in [3.8, 4) is 5.75 Å². The van der Waals surface area contributed by atoms with Gasteiger partial charge in [0.05, 0.1) is 19.6 Å². The van der Waals surface area contributed by atoms with Crippen LogP contribution in [-0.2, 0) is 27.7 Å². The molecule has 0 aliphatic heterocycles. The molecule has 26 heavy (non-hydrogen) atoms. The van der Waals surface area contributed by atoms with Crippen molar-refractivity contribution in [1.29, 1.82) is 0 Å². The van der Waals surface area contributed by atoms with Gasteiger partial charge in [-0.15, -0.1) is 0 Å². The molecule has 1 aromatic rings. The Bertz CT molecular complexity index is 574. The monoisotopic (exact) mass is 424 g/mol. The second-order valence-electron chi connectivity index (χ2n) is 4.95. The Morgan fingerprint density at radius 3 is 2.15 bits per heavy atom. The minimum Gasteiger partial charge on any atom is -0.497 e. The number of carbonyl (C=O) groups excluding carboxylic acids is 1. The summed E-state index contributed by atoms with van der Waals surface area (Å²) in [6.07, 6.45) is 0. The van der Waals surface area contributed by atoms with Crippen molar-refractivity contribution in [2.75, 3.05) is 46.0 Å². The Morgan fingerprint density at radius 2 is 1.62 bits per heavy atom. The Kier molecular flexibility index (Phi) is 11.4. The number of phosphoric acid groups is 1. The molecule has 148 valence electrons. The summed E-state index contributed by atoms with van der Waals surface area (Å²) < 4.78 is 36.4. The molecular weight excluding hydrogens is 399 g/mol. The minimum atomic E-state index is -3.40. The molecule has 0 fully saturated rings. The first-order valence-electron chi connectivity index (χ1n) is 7.86. The van der Waals surface area contributed by atoms with Crippen LogP contribution in [0.5, 0.6) is 5.75 Å². The summed E-state index contributed by atoms with van der Waals surface area (Å²) in [5, 5.41) is 0. The minimum absolute atomic E-state index is 0.241. The predicted molar refractivity (Wildman–Crippen MR) is 105 cm³/mol. The maximum Gasteiger partial charge on any atom is 0.474 e. The van der Waals surface area contributed by atoms with Crippen molar-refractivity contribution in [2.45, 2.75) is 12.8 Å². The molecule has 1 unspecified atom stereocenters. The highest BCUT2D eigenvalue weighted by molar-refractivity contribution is 8.76. The lowest BCUT2D eigenvalue weighted by atomic mass is 10.0. The third-order valence-electron chi connectivity index (χ3n) is 3.33. The lowest BCUT2D eigenvalue weighted by Crippen LogP contribution is -2.14. The molecule has 1 aromatic carbocycles. The molecule has 0 N–H and O–H groups in total. The van der Waals surface area contributed by atoms with Gasteiger partial charge in [-0.25, -0.2) is 4.57 Å². The van der Waals surface area contributed by atoms with Gasteiger partial charge >= 0.3 is 13.8 Å². The van der Waals surface area contributed by atoms with E-state index >= 15 is 0 Å². The molecule has 0 aromatic heterocycles. The zero-order valence-electron chi connectivity index (χ0n) is 15.3. The van der Waals surface area contributed by atoms with E-state index < -0.39 is 7.82 Å². The van der Waals surface area contributed by atoms with Gasteiger partial charge < -0.3 is 9.47 Å². The van der Waals surface area contributed by atoms with Gasteiger partial charge in [0.1, 0.15) is 12.4 Å². The topological polar surface area (TPSA) is 80.3 Å². The maximum absolute atomic E-state index is 12.1. The first-order valence-corrected chi connectivity index (χ1v) is 11.8. The van der Waals surface area contributed by atoms with Crippen molar-refractivity contribution in [2.24, 2.45) is 0 Å². The van der Waals surface area contributed by atoms with E-state index in [1.165, 1.54) is 25.0 Å². The second kappa shape index (κ2) is 12.6. The number of hydrogen-bond donors (Lipinski definition) is 0. The number of rotatable bonds is 13. The van der Waals surface area contributed by atoms with Crippen LogP contribution in [0.2, 0.25) is 0 Å². The predicted octanol–water partition coefficient (Wildman–Crippen LogP) is 4.14. The first kappa shape index (κ1) is 23.3. The molecule has 0 bridgehead atoms. The van der Waals surface area contributed by atoms with Crippen LogP contribution < -0.4 is 4.74 Å². The SMILES string of the molecule is COc1ccc(C(C)C(=O)OCCSSCCOP(=O)(OC)OC)cc1. The van der Waals surface area contributed by atoms with E-state index in [4.69, 9.17) is 14.0 Å². The fraction of sp³-hybridized carbons (Fsp3) is 0.562. The average molecular weight is 424 g/mol. The molecule has 0 aliphatic rings. The van der Waals surface area contributed by atoms with Gasteiger partial charge in [-0.2, -0.15) is 0 Å². The van der Waals surface area contributed by atoms with Crippen LogP contribution in [0.1, 0.15) is 18.4 Å². The molecule has 1 atom stereocenters. The van der Waals surface area contributed by atoms with Crippen LogP contribution in [0.15, 0.2) is 24.3 Å². The molecule has 0 radical (unpaired) electrons. The van der Waals surface area contributed by atoms with Gasteiger partial charge in [-0.05, 0) is 24.6 Å². The molecule has 0 saturated heterocycles. The zero-order chi connectivity index (χ0) is 19.4. The van der Waals surface area contributed by atoms with Gasteiger partial charge in [-0.3, -0.25) is 18.4 Å². The number of phosphoric ester groups is 1. The molecule has 1 rings (SSSR count). The summed E-state index contributed by atoms with van der Waals surface area (Å²) in [6, 6.07) is 7.35. The van der Waals surface area contributed by atoms with Gasteiger partial charge in [0.15, 0.2) is 0 Å². The van der Waals surface area contributed by atoms with Crippen molar-refractivity contribution >= 4 is 35.4 Å². The maximum atomic E-state index is 12.1. The Labute approximate surface area is 162 Å². The van der Waals surface area contributed by atoms with E-state index in [1.807, 2.05) is 31.2 Å². The Hall–Kier alpha value is -0.700. The number of benzene rings is 1. The van der Waals surface area contributed by atoms with Gasteiger partial charge in [-0.1, -0.05) is 33.7 Å². The van der Waals surface area contributed by atoms with Gasteiger partial charge in [0.2, 0.25) is 0 Å². The largest absolute Gasteiger partial charge is 0.497 e. The van der Waals surface area contributed by atoms with Crippen LogP contribution >= 0.6 is 29.4 Å². The average Bonchev–Trinajstić information content (AvgIpc) is 2.69. The van der Waals surface area contributed by atoms with Gasteiger partial charge in [0, 0.05) is 25.7 Å². The first-order chi connectivity index (χ1) is 12.5. The van der Waals surface area contributed by atoms with Crippen molar-refractivity contribution < 1.29 is 32.4 Å². The number of carbonyl (C=O) groups is 1. The van der Waals surface area contributed by atoms with E-state index in [2.05, 4.69) is 9.05 Å². The lowest BCUT2D eigenvalue weighted by Gasteiger charge is -2.13. The van der Waals surface area contributed by atoms with E-state index in [-0.39, 0.29) is 18.5 Å². The second-order valence-corrected chi connectivity index (χ2v) is 9.54. The van der Waals surface area contributed by atoms with Crippen molar-refractivity contribution in [3.63, 3.8) is 0 Å². The summed E-state index contributed by atoms with van der Waals surface area (Å²) >= 11 is 0. The van der Waals surface area contributed by atoms with Crippen LogP contribution in [0, 0.1) is 0 Å². The highest BCUT2D eigenvalue weighted by Gasteiger charge is 2.22. The van der Waals surface area contributed by atoms with E-state index in [0.29, 0.717) is 18.1 Å². The van der Waals surface area contributed by atoms with Crippen LogP contribution in [0.25, 0.3) is 0 Å². The standard InChI is InChI=1S/C16H25O7PS2/c1-13(14-5-7-15(19-2)8-6-14)16(17)22-9-11-25-26-12-10-23-24(18,20-3)21-4/h5-8,13H,9-12H2,1-4H3. The van der Waals surface area contributed by atoms with Crippen LogP contribution in [0.3, 0.4) is 0 Å². The summed E-state index contributed by atoms with van der Waals surface area (Å²) in [4.78, 5) is 12.1. The molecule has 0 amide bonds. The van der Waals surface area contributed by atoms with Crippen LogP contribution in [0.4, 0.5) is 0 Å². The fourth-order valence-corrected chi connectivity index (χ4v) is 4.26. The quantitative estimate of drug-likeness (QED) is 0.201. The summed E-state index contributed by atoms with van der Waals surface area (Å²) in [6.45, 7) is 2.38. The molecule has 0 heterocycles. The number of ether oxygens (including phenoxy) is 2. The van der Waals surface area contributed by atoms with E-state index in [9.17, 15) is 9.36 Å². The summed E-state index contributed by atoms with van der Waals surface area (Å²) in [7, 11) is 3.82. The Morgan fingerprint density at radius 1 is 1.04 bits per heavy atom. The Balaban J connectivity index is 2.15. The molecule has 0 aliphatic carbocycles. The highest BCUT2D eigenvalue weighted by Crippen LogP contribution is 2.47. The van der Waals surface area contributed by atoms with Crippen molar-refractivity contribution in [1.82, 2.24) is 0 Å². The number of esters is 1. The smallest absolute Gasteiger partial charge is 0.474 e. The third-order valence-corrected chi connectivity index (χ3v) is 7.05. The lowest BCUT2D eigenvalue weighted by molar-refractivity contribution is -0.144. The normalized spacial score (nSPS) is 12.6. The molecule has 10 heteroatoms. The van der Waals surface area contributed by atoms with E-state index in [0.717, 1.165) is 11.3 Å². The molecule has 0 spiro atoms. The fourth-order valence-electron chi connectivity index (χ4n) is 1.81. The number of hydrogen-bond acceptors (Lipinski definition) is 9. The molecular formula is C16H25O7PS2. The van der Waals surface area contributed by atoms with Gasteiger partial charge in [0.25, 0.3) is 0 Å². The van der Waals surface area contributed by atoms with Crippen molar-refractivity contribution in [3.05, 3.63) is 29.8 Å². The van der Waals surface area contributed by atoms with E-state index in [1.54, 1.807) is 17.9 Å². The molecule has 0 saturated carbocycles. The zero-order valence-corrected chi connectivity index (χ0v) is 17.9. The van der Waals surface area contributed by atoms with Crippen LogP contribution in [-0.4, -0.2) is 52.0 Å². The molecule has 7 nitrogen and oxygen atoms in total. The highest BCUT2D eigenvalue weighted by atomic mass is 33.1. The summed E-state index contributed by atoms with van der Waals surface area (Å²) in [5.41, 5.74) is 0.885.